The molecule has 0 fully saturated rings. The van der Waals surface area contributed by atoms with Gasteiger partial charge in [-0.1, -0.05) is 95.7 Å². The Labute approximate surface area is 149 Å². The van der Waals surface area contributed by atoms with Gasteiger partial charge in [-0.15, -0.1) is 0 Å². The fourth-order valence-corrected chi connectivity index (χ4v) is 9.84. The van der Waals surface area contributed by atoms with Crippen LogP contribution in [0.3, 0.4) is 0 Å². The maximum Gasteiger partial charge on any atom is 0.0822 e. The number of hydrogen-bond acceptors (Lipinski definition) is 2. The van der Waals surface area contributed by atoms with Crippen LogP contribution in [0.25, 0.3) is 0 Å². The van der Waals surface area contributed by atoms with Crippen molar-refractivity contribution in [2.45, 2.75) is 109 Å². The van der Waals surface area contributed by atoms with Gasteiger partial charge < -0.3 is 0 Å². The van der Waals surface area contributed by atoms with E-state index in [1.165, 1.54) is 51.4 Å². The Morgan fingerprint density at radius 2 is 1.22 bits per heavy atom. The predicted octanol–water partition coefficient (Wildman–Crippen LogP) is 6.66. The molecule has 140 valence electrons. The lowest BCUT2D eigenvalue weighted by atomic mass is 10.1. The SMILES string of the molecule is CCOOCCCCCCCCCCC[Si](C)(C)CC[SiH](C)C. The predicted molar refractivity (Wildman–Crippen MR) is 110 cm³/mol. The molecule has 0 N–H and O–H groups in total. The molecule has 0 atom stereocenters. The average molecular weight is 361 g/mol. The first-order valence-electron chi connectivity index (χ1n) is 10.2. The van der Waals surface area contributed by atoms with E-state index >= 15 is 0 Å². The summed E-state index contributed by atoms with van der Waals surface area (Å²) in [7, 11) is -1.18. The van der Waals surface area contributed by atoms with E-state index in [4.69, 9.17) is 9.78 Å². The Kier molecular flexibility index (Phi) is 16.1. The average Bonchev–Trinajstić information content (AvgIpc) is 2.50. The van der Waals surface area contributed by atoms with Crippen molar-refractivity contribution in [3.63, 3.8) is 0 Å². The van der Waals surface area contributed by atoms with Crippen LogP contribution in [-0.2, 0) is 9.78 Å². The third kappa shape index (κ3) is 18.5. The van der Waals surface area contributed by atoms with Crippen molar-refractivity contribution in [1.82, 2.24) is 0 Å². The van der Waals surface area contributed by atoms with E-state index in [1.807, 2.05) is 6.92 Å². The molecule has 0 amide bonds. The molecule has 0 unspecified atom stereocenters. The van der Waals surface area contributed by atoms with Crippen LogP contribution in [0.1, 0.15) is 64.7 Å². The summed E-state index contributed by atoms with van der Waals surface area (Å²) in [6, 6.07) is 4.73. The lowest BCUT2D eigenvalue weighted by molar-refractivity contribution is -0.291. The summed E-state index contributed by atoms with van der Waals surface area (Å²) in [6.45, 7) is 13.6. The number of hydrogen-bond donors (Lipinski definition) is 0. The number of rotatable bonds is 17. The molecular weight excluding hydrogens is 316 g/mol. The summed E-state index contributed by atoms with van der Waals surface area (Å²) >= 11 is 0. The van der Waals surface area contributed by atoms with Crippen LogP contribution >= 0.6 is 0 Å². The van der Waals surface area contributed by atoms with Crippen molar-refractivity contribution >= 4 is 16.9 Å². The zero-order valence-corrected chi connectivity index (χ0v) is 18.9. The molecule has 23 heavy (non-hydrogen) atoms. The van der Waals surface area contributed by atoms with Crippen molar-refractivity contribution in [1.29, 1.82) is 0 Å². The monoisotopic (exact) mass is 360 g/mol. The molecule has 0 rings (SSSR count). The molecule has 0 saturated carbocycles. The molecule has 0 aromatic carbocycles. The van der Waals surface area contributed by atoms with E-state index < -0.39 is 8.07 Å². The van der Waals surface area contributed by atoms with Crippen LogP contribution < -0.4 is 0 Å². The highest BCUT2D eigenvalue weighted by Crippen LogP contribution is 2.22. The molecule has 0 bridgehead atoms. The molecule has 0 spiro atoms. The summed E-state index contributed by atoms with van der Waals surface area (Å²) in [5, 5.41) is 0. The molecule has 0 aliphatic carbocycles. The molecule has 4 heteroatoms. The quantitative estimate of drug-likeness (QED) is 0.125. The van der Waals surface area contributed by atoms with Crippen molar-refractivity contribution in [2.75, 3.05) is 13.2 Å². The van der Waals surface area contributed by atoms with Crippen molar-refractivity contribution in [2.24, 2.45) is 0 Å². The Morgan fingerprint density at radius 1 is 0.696 bits per heavy atom. The minimum absolute atomic E-state index is 0.326. The molecule has 0 aromatic rings. The van der Waals surface area contributed by atoms with Gasteiger partial charge in [-0.3, -0.25) is 0 Å². The van der Waals surface area contributed by atoms with Crippen LogP contribution in [0.4, 0.5) is 0 Å². The standard InChI is InChI=1S/C19H44O2Si2/c1-6-20-21-16-14-12-10-8-7-9-11-13-15-18-23(4,5)19-17-22(2)3/h22H,6-19H2,1-5H3. The Morgan fingerprint density at radius 3 is 1.74 bits per heavy atom. The topological polar surface area (TPSA) is 18.5 Å². The molecule has 0 aromatic heterocycles. The van der Waals surface area contributed by atoms with Gasteiger partial charge in [-0.25, -0.2) is 9.78 Å². The molecule has 0 saturated heterocycles. The molecule has 0 heterocycles. The lowest BCUT2D eigenvalue weighted by Gasteiger charge is -2.23. The zero-order valence-electron chi connectivity index (χ0n) is 16.8. The molecule has 0 radical (unpaired) electrons. The first kappa shape index (κ1) is 23.4. The van der Waals surface area contributed by atoms with Gasteiger partial charge in [-0.05, 0) is 13.3 Å². The second-order valence-corrected chi connectivity index (χ2v) is 17.0. The van der Waals surface area contributed by atoms with Gasteiger partial charge in [0.2, 0.25) is 0 Å². The van der Waals surface area contributed by atoms with Crippen LogP contribution in [0.15, 0.2) is 0 Å². The maximum absolute atomic E-state index is 5.02. The van der Waals surface area contributed by atoms with E-state index in [-0.39, 0.29) is 8.80 Å². The van der Waals surface area contributed by atoms with Crippen molar-refractivity contribution in [3.8, 4) is 0 Å². The van der Waals surface area contributed by atoms with Gasteiger partial charge in [0.05, 0.1) is 13.2 Å². The maximum atomic E-state index is 5.02. The van der Waals surface area contributed by atoms with Gasteiger partial charge in [0.15, 0.2) is 0 Å². The van der Waals surface area contributed by atoms with Gasteiger partial charge in [0.1, 0.15) is 0 Å². The molecule has 0 aliphatic heterocycles. The summed E-state index contributed by atoms with van der Waals surface area (Å²) in [4.78, 5) is 9.89. The summed E-state index contributed by atoms with van der Waals surface area (Å²) in [6.07, 6.45) is 12.5. The highest BCUT2D eigenvalue weighted by molar-refractivity contribution is 6.78. The summed E-state index contributed by atoms with van der Waals surface area (Å²) < 4.78 is 0. The van der Waals surface area contributed by atoms with Crippen molar-refractivity contribution in [3.05, 3.63) is 0 Å². The van der Waals surface area contributed by atoms with E-state index in [2.05, 4.69) is 26.2 Å². The van der Waals surface area contributed by atoms with E-state index in [1.54, 1.807) is 18.1 Å². The number of unbranched alkanes of at least 4 members (excludes halogenated alkanes) is 8. The van der Waals surface area contributed by atoms with E-state index in [9.17, 15) is 0 Å². The van der Waals surface area contributed by atoms with Crippen LogP contribution in [0.5, 0.6) is 0 Å². The molecule has 0 aliphatic rings. The highest BCUT2D eigenvalue weighted by atomic mass is 28.3. The largest absolute Gasteiger partial charge is 0.237 e. The second-order valence-electron chi connectivity index (χ2n) is 8.26. The van der Waals surface area contributed by atoms with Gasteiger partial charge in [0.25, 0.3) is 0 Å². The fraction of sp³-hybridized carbons (Fsp3) is 1.00. The fourth-order valence-electron chi connectivity index (χ4n) is 2.95. The van der Waals surface area contributed by atoms with E-state index in [0.717, 1.165) is 13.0 Å². The Hall–Kier alpha value is 0.354. The highest BCUT2D eigenvalue weighted by Gasteiger charge is 2.19. The summed E-state index contributed by atoms with van der Waals surface area (Å²) in [5.74, 6) is 0. The smallest absolute Gasteiger partial charge is 0.0822 e. The van der Waals surface area contributed by atoms with Gasteiger partial charge in [-0.2, -0.15) is 0 Å². The third-order valence-corrected chi connectivity index (χ3v) is 10.1. The third-order valence-electron chi connectivity index (χ3n) is 4.68. The first-order chi connectivity index (χ1) is 11.0. The molecular formula is C19H44O2Si2. The minimum Gasteiger partial charge on any atom is -0.237 e. The summed E-state index contributed by atoms with van der Waals surface area (Å²) in [5.41, 5.74) is 0. The zero-order chi connectivity index (χ0) is 17.4. The minimum atomic E-state index is -0.854. The Balaban J connectivity index is 3.24. The Bertz CT molecular complexity index is 246. The molecule has 2 nitrogen and oxygen atoms in total. The van der Waals surface area contributed by atoms with Crippen molar-refractivity contribution < 1.29 is 9.78 Å². The van der Waals surface area contributed by atoms with Crippen LogP contribution in [0.2, 0.25) is 44.3 Å². The van der Waals surface area contributed by atoms with Crippen LogP contribution in [-0.4, -0.2) is 30.1 Å². The first-order valence-corrected chi connectivity index (χ1v) is 16.8. The normalized spacial score (nSPS) is 12.3. The van der Waals surface area contributed by atoms with Gasteiger partial charge in [0, 0.05) is 16.9 Å². The van der Waals surface area contributed by atoms with E-state index in [0.29, 0.717) is 6.61 Å². The second kappa shape index (κ2) is 15.9. The van der Waals surface area contributed by atoms with Crippen LogP contribution in [0, 0.1) is 0 Å². The lowest BCUT2D eigenvalue weighted by Crippen LogP contribution is -2.26. The van der Waals surface area contributed by atoms with Gasteiger partial charge >= 0.3 is 0 Å².